The Morgan fingerprint density at radius 1 is 0.964 bits per heavy atom. The first kappa shape index (κ1) is 21.1. The summed E-state index contributed by atoms with van der Waals surface area (Å²) in [5, 5.41) is 2.61. The Kier molecular flexibility index (Phi) is 7.25. The number of esters is 1. The number of alkyl halides is 3. The number of hydrogen-bond acceptors (Lipinski definition) is 5. The zero-order valence-corrected chi connectivity index (χ0v) is 14.9. The van der Waals surface area contributed by atoms with Crippen molar-refractivity contribution in [2.75, 3.05) is 20.3 Å². The van der Waals surface area contributed by atoms with Gasteiger partial charge in [-0.05, 0) is 48.4 Å². The van der Waals surface area contributed by atoms with E-state index in [9.17, 15) is 22.8 Å². The molecule has 2 aromatic rings. The van der Waals surface area contributed by atoms with Crippen molar-refractivity contribution in [2.24, 2.45) is 0 Å². The Hall–Kier alpha value is -3.23. The fourth-order valence-corrected chi connectivity index (χ4v) is 2.20. The highest BCUT2D eigenvalue weighted by Crippen LogP contribution is 2.22. The van der Waals surface area contributed by atoms with Gasteiger partial charge < -0.3 is 19.5 Å². The average molecular weight is 397 g/mol. The number of ether oxygens (including phenoxy) is 3. The summed E-state index contributed by atoms with van der Waals surface area (Å²) in [7, 11) is 1.57. The largest absolute Gasteiger partial charge is 0.573 e. The van der Waals surface area contributed by atoms with Gasteiger partial charge in [-0.25, -0.2) is 4.79 Å². The van der Waals surface area contributed by atoms with Crippen molar-refractivity contribution < 1.29 is 37.0 Å². The molecular weight excluding hydrogens is 379 g/mol. The number of benzene rings is 2. The minimum atomic E-state index is -4.81. The van der Waals surface area contributed by atoms with Crippen molar-refractivity contribution in [2.45, 2.75) is 12.8 Å². The van der Waals surface area contributed by atoms with Gasteiger partial charge in [-0.1, -0.05) is 12.1 Å². The fraction of sp³-hybridized carbons (Fsp3) is 0.263. The standard InChI is InChI=1S/C19H18F3NO5/c1-26-15-6-2-13(3-7-15)10-11-23-17(24)12-27-18(25)14-4-8-16(9-5-14)28-19(20,21)22/h2-9H,10-12H2,1H3,(H,23,24). The highest BCUT2D eigenvalue weighted by atomic mass is 19.4. The molecule has 0 aromatic heterocycles. The quantitative estimate of drug-likeness (QED) is 0.693. The van der Waals surface area contributed by atoms with E-state index in [2.05, 4.69) is 10.1 Å². The first-order chi connectivity index (χ1) is 13.3. The molecule has 28 heavy (non-hydrogen) atoms. The van der Waals surface area contributed by atoms with Gasteiger partial charge in [-0.2, -0.15) is 0 Å². The maximum Gasteiger partial charge on any atom is 0.573 e. The molecule has 0 unspecified atom stereocenters. The maximum absolute atomic E-state index is 12.1. The predicted molar refractivity (Wildman–Crippen MR) is 93.1 cm³/mol. The van der Waals surface area contributed by atoms with Crippen LogP contribution in [0.2, 0.25) is 0 Å². The lowest BCUT2D eigenvalue weighted by molar-refractivity contribution is -0.274. The Bertz CT molecular complexity index is 789. The third kappa shape index (κ3) is 7.18. The number of carbonyl (C=O) groups excluding carboxylic acids is 2. The van der Waals surface area contributed by atoms with Crippen LogP contribution in [0.3, 0.4) is 0 Å². The number of nitrogens with one attached hydrogen (secondary N) is 1. The number of methoxy groups -OCH3 is 1. The Morgan fingerprint density at radius 2 is 1.57 bits per heavy atom. The van der Waals surface area contributed by atoms with Crippen molar-refractivity contribution in [1.29, 1.82) is 0 Å². The van der Waals surface area contributed by atoms with Gasteiger partial charge in [0.2, 0.25) is 0 Å². The molecule has 1 amide bonds. The first-order valence-electron chi connectivity index (χ1n) is 8.19. The van der Waals surface area contributed by atoms with E-state index in [1.807, 2.05) is 24.3 Å². The average Bonchev–Trinajstić information content (AvgIpc) is 2.66. The van der Waals surface area contributed by atoms with Gasteiger partial charge in [0, 0.05) is 6.54 Å². The van der Waals surface area contributed by atoms with Crippen molar-refractivity contribution >= 4 is 11.9 Å². The van der Waals surface area contributed by atoms with Crippen LogP contribution in [0.15, 0.2) is 48.5 Å². The Labute approximate surface area is 159 Å². The summed E-state index contributed by atoms with van der Waals surface area (Å²) in [4.78, 5) is 23.6. The Balaban J connectivity index is 1.72. The van der Waals surface area contributed by atoms with E-state index >= 15 is 0 Å². The molecule has 150 valence electrons. The van der Waals surface area contributed by atoms with Gasteiger partial charge in [0.1, 0.15) is 11.5 Å². The summed E-state index contributed by atoms with van der Waals surface area (Å²) in [5.41, 5.74) is 1.000. The van der Waals surface area contributed by atoms with E-state index < -0.39 is 30.6 Å². The SMILES string of the molecule is COc1ccc(CCNC(=O)COC(=O)c2ccc(OC(F)(F)F)cc2)cc1. The molecule has 0 saturated heterocycles. The van der Waals surface area contributed by atoms with Crippen LogP contribution in [0, 0.1) is 0 Å². The normalized spacial score (nSPS) is 10.9. The molecule has 0 radical (unpaired) electrons. The highest BCUT2D eigenvalue weighted by molar-refractivity contribution is 5.91. The number of amides is 1. The van der Waals surface area contributed by atoms with Gasteiger partial charge in [-0.15, -0.1) is 13.2 Å². The molecule has 0 saturated carbocycles. The maximum atomic E-state index is 12.1. The van der Waals surface area contributed by atoms with Crippen LogP contribution in [0.25, 0.3) is 0 Å². The summed E-state index contributed by atoms with van der Waals surface area (Å²) in [6.45, 7) is -0.144. The van der Waals surface area contributed by atoms with Gasteiger partial charge in [0.05, 0.1) is 12.7 Å². The molecule has 0 aliphatic rings. The lowest BCUT2D eigenvalue weighted by Gasteiger charge is -2.09. The van der Waals surface area contributed by atoms with E-state index in [0.29, 0.717) is 13.0 Å². The zero-order valence-electron chi connectivity index (χ0n) is 14.9. The van der Waals surface area contributed by atoms with Crippen LogP contribution >= 0.6 is 0 Å². The molecule has 9 heteroatoms. The zero-order chi connectivity index (χ0) is 20.6. The van der Waals surface area contributed by atoms with Gasteiger partial charge in [0.15, 0.2) is 6.61 Å². The fourth-order valence-electron chi connectivity index (χ4n) is 2.20. The van der Waals surface area contributed by atoms with Crippen LogP contribution in [0.4, 0.5) is 13.2 Å². The van der Waals surface area contributed by atoms with Crippen LogP contribution in [-0.2, 0) is 16.0 Å². The number of hydrogen-bond donors (Lipinski definition) is 1. The van der Waals surface area contributed by atoms with Crippen LogP contribution < -0.4 is 14.8 Å². The molecule has 6 nitrogen and oxygen atoms in total. The third-order valence-electron chi connectivity index (χ3n) is 3.55. The summed E-state index contributed by atoms with van der Waals surface area (Å²) < 4.78 is 49.9. The third-order valence-corrected chi connectivity index (χ3v) is 3.55. The smallest absolute Gasteiger partial charge is 0.497 e. The molecule has 0 atom stereocenters. The van der Waals surface area contributed by atoms with E-state index in [1.165, 1.54) is 0 Å². The van der Waals surface area contributed by atoms with E-state index in [4.69, 9.17) is 9.47 Å². The van der Waals surface area contributed by atoms with Gasteiger partial charge in [-0.3, -0.25) is 4.79 Å². The molecule has 0 bridgehead atoms. The monoisotopic (exact) mass is 397 g/mol. The number of rotatable bonds is 8. The van der Waals surface area contributed by atoms with Crippen molar-refractivity contribution in [1.82, 2.24) is 5.32 Å². The molecule has 2 rings (SSSR count). The summed E-state index contributed by atoms with van der Waals surface area (Å²) >= 11 is 0. The van der Waals surface area contributed by atoms with Crippen molar-refractivity contribution in [3.63, 3.8) is 0 Å². The first-order valence-corrected chi connectivity index (χ1v) is 8.19. The number of halogens is 3. The second-order valence-corrected chi connectivity index (χ2v) is 5.60. The van der Waals surface area contributed by atoms with Crippen molar-refractivity contribution in [3.8, 4) is 11.5 Å². The van der Waals surface area contributed by atoms with Crippen LogP contribution in [0.5, 0.6) is 11.5 Å². The summed E-state index contributed by atoms with van der Waals surface area (Å²) in [5.74, 6) is -1.04. The predicted octanol–water partition coefficient (Wildman–Crippen LogP) is 3.11. The molecule has 2 aromatic carbocycles. The molecule has 0 aliphatic carbocycles. The molecule has 0 spiro atoms. The lowest BCUT2D eigenvalue weighted by atomic mass is 10.1. The topological polar surface area (TPSA) is 73.9 Å². The summed E-state index contributed by atoms with van der Waals surface area (Å²) in [6, 6.07) is 11.6. The Morgan fingerprint density at radius 3 is 2.14 bits per heavy atom. The van der Waals surface area contributed by atoms with E-state index in [1.54, 1.807) is 7.11 Å². The number of carbonyl (C=O) groups is 2. The van der Waals surface area contributed by atoms with Crippen molar-refractivity contribution in [3.05, 3.63) is 59.7 Å². The van der Waals surface area contributed by atoms with Crippen LogP contribution in [0.1, 0.15) is 15.9 Å². The minimum absolute atomic E-state index is 0.000516. The second kappa shape index (κ2) is 9.63. The molecular formula is C19H18F3NO5. The second-order valence-electron chi connectivity index (χ2n) is 5.60. The van der Waals surface area contributed by atoms with Gasteiger partial charge in [0.25, 0.3) is 5.91 Å². The molecule has 0 aliphatic heterocycles. The highest BCUT2D eigenvalue weighted by Gasteiger charge is 2.31. The minimum Gasteiger partial charge on any atom is -0.497 e. The van der Waals surface area contributed by atoms with E-state index in [-0.39, 0.29) is 5.56 Å². The van der Waals surface area contributed by atoms with E-state index in [0.717, 1.165) is 35.6 Å². The summed E-state index contributed by atoms with van der Waals surface area (Å²) in [6.07, 6.45) is -4.23. The van der Waals surface area contributed by atoms with Crippen LogP contribution in [-0.4, -0.2) is 38.5 Å². The molecule has 0 heterocycles. The van der Waals surface area contributed by atoms with Gasteiger partial charge >= 0.3 is 12.3 Å². The molecule has 0 fully saturated rings. The lowest BCUT2D eigenvalue weighted by Crippen LogP contribution is -2.30. The molecule has 1 N–H and O–H groups in total.